The molecule has 0 amide bonds. The normalized spacial score (nSPS) is 21.4. The fourth-order valence-corrected chi connectivity index (χ4v) is 5.34. The molecule has 5 rings (SSSR count). The molecule has 1 saturated carbocycles. The van der Waals surface area contributed by atoms with Gasteiger partial charge in [0, 0.05) is 24.3 Å². The number of aromatic nitrogens is 3. The third kappa shape index (κ3) is 4.22. The van der Waals surface area contributed by atoms with Gasteiger partial charge in [-0.25, -0.2) is 27.9 Å². The maximum Gasteiger partial charge on any atom is 0.209 e. The van der Waals surface area contributed by atoms with Crippen molar-refractivity contribution in [1.29, 1.82) is 0 Å². The topological polar surface area (TPSA) is 120 Å². The Morgan fingerprint density at radius 1 is 1.16 bits per heavy atom. The minimum absolute atomic E-state index is 0.134. The van der Waals surface area contributed by atoms with Gasteiger partial charge in [-0.15, -0.1) is 0 Å². The number of hydrogen-bond acceptors (Lipinski definition) is 6. The predicted molar refractivity (Wildman–Crippen MR) is 122 cm³/mol. The van der Waals surface area contributed by atoms with E-state index in [9.17, 15) is 12.8 Å². The fraction of sp³-hybridized carbons (Fsp3) is 0.455. The number of benzene rings is 1. The van der Waals surface area contributed by atoms with Crippen molar-refractivity contribution in [3.63, 3.8) is 0 Å². The van der Waals surface area contributed by atoms with Gasteiger partial charge in [-0.1, -0.05) is 6.07 Å². The number of halogens is 1. The largest absolute Gasteiger partial charge is 0.383 e. The first-order valence-electron chi connectivity index (χ1n) is 10.9. The summed E-state index contributed by atoms with van der Waals surface area (Å²) in [5, 5.41) is 5.81. The maximum atomic E-state index is 14.4. The van der Waals surface area contributed by atoms with Crippen LogP contribution in [-0.2, 0) is 16.4 Å². The Hall–Kier alpha value is -2.56. The zero-order valence-electron chi connectivity index (χ0n) is 17.7. The van der Waals surface area contributed by atoms with Crippen LogP contribution in [0.3, 0.4) is 0 Å². The van der Waals surface area contributed by atoms with Crippen LogP contribution in [0, 0.1) is 11.7 Å². The molecule has 0 radical (unpaired) electrons. The number of anilines is 1. The van der Waals surface area contributed by atoms with Gasteiger partial charge >= 0.3 is 0 Å². The molecule has 2 aliphatic rings. The van der Waals surface area contributed by atoms with Crippen LogP contribution in [-0.4, -0.2) is 53.2 Å². The van der Waals surface area contributed by atoms with Crippen LogP contribution in [0.1, 0.15) is 30.9 Å². The summed E-state index contributed by atoms with van der Waals surface area (Å²) in [4.78, 5) is 11.1. The number of nitrogens with zero attached hydrogens (tertiary/aromatic N) is 4. The van der Waals surface area contributed by atoms with Gasteiger partial charge in [0.25, 0.3) is 0 Å². The lowest BCUT2D eigenvalue weighted by Gasteiger charge is -2.42. The van der Waals surface area contributed by atoms with Crippen LogP contribution in [0.5, 0.6) is 0 Å². The van der Waals surface area contributed by atoms with Crippen LogP contribution in [0.4, 0.5) is 10.2 Å². The molecule has 1 aliphatic heterocycles. The summed E-state index contributed by atoms with van der Waals surface area (Å²) in [5.74, 6) is 0.333. The third-order valence-corrected chi connectivity index (χ3v) is 7.42. The summed E-state index contributed by atoms with van der Waals surface area (Å²) in [6.45, 7) is 3.56. The molecule has 2 aromatic heterocycles. The van der Waals surface area contributed by atoms with Gasteiger partial charge in [0.2, 0.25) is 10.0 Å². The molecule has 170 valence electrons. The highest BCUT2D eigenvalue weighted by Gasteiger charge is 2.34. The van der Waals surface area contributed by atoms with Gasteiger partial charge in [0.05, 0.1) is 11.1 Å². The molecule has 8 nitrogen and oxygen atoms in total. The number of rotatable bonds is 7. The monoisotopic (exact) mass is 458 g/mol. The Morgan fingerprint density at radius 3 is 2.62 bits per heavy atom. The second-order valence-electron chi connectivity index (χ2n) is 9.02. The molecule has 1 aliphatic carbocycles. The summed E-state index contributed by atoms with van der Waals surface area (Å²) in [7, 11) is -3.64. The van der Waals surface area contributed by atoms with Crippen LogP contribution < -0.4 is 10.9 Å². The Labute approximate surface area is 186 Å². The molecule has 10 heteroatoms. The van der Waals surface area contributed by atoms with E-state index in [2.05, 4.69) is 19.4 Å². The molecular formula is C22H27FN6O2S. The van der Waals surface area contributed by atoms with Crippen molar-refractivity contribution in [2.45, 2.75) is 31.7 Å². The summed E-state index contributed by atoms with van der Waals surface area (Å²) in [5.41, 5.74) is 8.89. The molecule has 0 spiro atoms. The number of nitrogen functional groups attached to an aromatic ring is 1. The van der Waals surface area contributed by atoms with Gasteiger partial charge in [-0.05, 0) is 68.0 Å². The third-order valence-electron chi connectivity index (χ3n) is 6.65. The Bertz CT molecular complexity index is 1260. The van der Waals surface area contributed by atoms with Crippen LogP contribution in [0.15, 0.2) is 30.7 Å². The maximum absolute atomic E-state index is 14.4. The second-order valence-corrected chi connectivity index (χ2v) is 10.8. The Balaban J connectivity index is 1.47. The zero-order chi connectivity index (χ0) is 22.5. The molecule has 1 saturated heterocycles. The standard InChI is InChI=1S/C22H27FN6O2S/c23-17-7-14(2-5-32(25,30)31)6-16(10-17)19-12-29(22-20(19)21(24)26-13-27-22)18-8-15(9-18)11-28-3-1-4-28/h6-7,10,12-13,15,18H,1-5,8-9,11H2,(H2,24,26,27)(H2,25,30,31)/t15-,18+. The Morgan fingerprint density at radius 2 is 1.94 bits per heavy atom. The summed E-state index contributed by atoms with van der Waals surface area (Å²) < 4.78 is 39.3. The fourth-order valence-electron chi connectivity index (χ4n) is 4.82. The zero-order valence-corrected chi connectivity index (χ0v) is 18.6. The Kier molecular flexibility index (Phi) is 5.39. The number of primary sulfonamides is 1. The second kappa shape index (κ2) is 8.09. The quantitative estimate of drug-likeness (QED) is 0.561. The minimum atomic E-state index is -3.64. The number of nitrogens with two attached hydrogens (primary N) is 2. The molecule has 0 unspecified atom stereocenters. The molecule has 1 aromatic carbocycles. The molecule has 2 fully saturated rings. The highest BCUT2D eigenvalue weighted by molar-refractivity contribution is 7.89. The molecule has 32 heavy (non-hydrogen) atoms. The first-order chi connectivity index (χ1) is 15.3. The first kappa shape index (κ1) is 21.3. The molecule has 4 N–H and O–H groups in total. The van der Waals surface area contributed by atoms with E-state index < -0.39 is 15.8 Å². The summed E-state index contributed by atoms with van der Waals surface area (Å²) in [6, 6.07) is 4.87. The van der Waals surface area contributed by atoms with E-state index in [0.717, 1.165) is 30.6 Å². The highest BCUT2D eigenvalue weighted by Crippen LogP contribution is 2.43. The summed E-state index contributed by atoms with van der Waals surface area (Å²) in [6.07, 6.45) is 7.02. The van der Waals surface area contributed by atoms with Crippen molar-refractivity contribution in [3.05, 3.63) is 42.1 Å². The van der Waals surface area contributed by atoms with E-state index in [4.69, 9.17) is 10.9 Å². The first-order valence-corrected chi connectivity index (χ1v) is 12.6. The van der Waals surface area contributed by atoms with Crippen LogP contribution in [0.2, 0.25) is 0 Å². The van der Waals surface area contributed by atoms with Gasteiger partial charge in [-0.3, -0.25) is 0 Å². The molecular weight excluding hydrogens is 431 g/mol. The van der Waals surface area contributed by atoms with Crippen LogP contribution in [0.25, 0.3) is 22.2 Å². The van der Waals surface area contributed by atoms with Gasteiger partial charge in [-0.2, -0.15) is 0 Å². The summed E-state index contributed by atoms with van der Waals surface area (Å²) >= 11 is 0. The molecule has 3 heterocycles. The predicted octanol–water partition coefficient (Wildman–Crippen LogP) is 2.31. The minimum Gasteiger partial charge on any atom is -0.383 e. The van der Waals surface area contributed by atoms with E-state index in [1.54, 1.807) is 6.07 Å². The van der Waals surface area contributed by atoms with Gasteiger partial charge < -0.3 is 15.2 Å². The van der Waals surface area contributed by atoms with E-state index in [0.29, 0.717) is 34.3 Å². The molecule has 0 atom stereocenters. The number of hydrogen-bond donors (Lipinski definition) is 2. The molecule has 0 bridgehead atoms. The van der Waals surface area contributed by atoms with E-state index in [1.807, 2.05) is 6.20 Å². The van der Waals surface area contributed by atoms with E-state index in [-0.39, 0.29) is 12.2 Å². The van der Waals surface area contributed by atoms with Crippen molar-refractivity contribution in [1.82, 2.24) is 19.4 Å². The van der Waals surface area contributed by atoms with Crippen molar-refractivity contribution in [2.24, 2.45) is 11.1 Å². The number of fused-ring (bicyclic) bond motifs is 1. The van der Waals surface area contributed by atoms with Crippen molar-refractivity contribution >= 4 is 26.9 Å². The van der Waals surface area contributed by atoms with E-state index in [1.165, 1.54) is 38.0 Å². The van der Waals surface area contributed by atoms with Crippen molar-refractivity contribution in [2.75, 3.05) is 31.1 Å². The lowest BCUT2D eigenvalue weighted by atomic mass is 9.79. The number of likely N-dealkylation sites (tertiary alicyclic amines) is 1. The number of aryl methyl sites for hydroxylation is 1. The van der Waals surface area contributed by atoms with Gasteiger partial charge in [0.1, 0.15) is 23.6 Å². The smallest absolute Gasteiger partial charge is 0.209 e. The van der Waals surface area contributed by atoms with Crippen molar-refractivity contribution in [3.8, 4) is 11.1 Å². The number of sulfonamides is 1. The SMILES string of the molecule is Nc1ncnc2c1c(-c1cc(F)cc(CCS(N)(=O)=O)c1)cn2[C@H]1C[C@@H](CN2CCC2)C1. The average Bonchev–Trinajstić information content (AvgIpc) is 3.04. The van der Waals surface area contributed by atoms with Gasteiger partial charge in [0.15, 0.2) is 0 Å². The lowest BCUT2D eigenvalue weighted by molar-refractivity contribution is 0.0921. The van der Waals surface area contributed by atoms with Crippen LogP contribution >= 0.6 is 0 Å². The highest BCUT2D eigenvalue weighted by atomic mass is 32.2. The average molecular weight is 459 g/mol. The van der Waals surface area contributed by atoms with Crippen molar-refractivity contribution < 1.29 is 12.8 Å². The lowest BCUT2D eigenvalue weighted by Crippen LogP contribution is -2.43. The van der Waals surface area contributed by atoms with E-state index >= 15 is 0 Å². The molecule has 3 aromatic rings.